The molecule has 1 aliphatic carbocycles. The third kappa shape index (κ3) is 4.20. The SMILES string of the molecule is NC(=S)C1CCCC1NC(=O)CCOc1ccccc1. The molecule has 4 nitrogen and oxygen atoms in total. The molecule has 1 fully saturated rings. The largest absolute Gasteiger partial charge is 0.493 e. The molecule has 108 valence electrons. The maximum Gasteiger partial charge on any atom is 0.223 e. The summed E-state index contributed by atoms with van der Waals surface area (Å²) in [7, 11) is 0. The van der Waals surface area contributed by atoms with Crippen LogP contribution in [0.3, 0.4) is 0 Å². The highest BCUT2D eigenvalue weighted by Crippen LogP contribution is 2.25. The van der Waals surface area contributed by atoms with Crippen LogP contribution < -0.4 is 15.8 Å². The van der Waals surface area contributed by atoms with Crippen LogP contribution in [0.15, 0.2) is 30.3 Å². The molecule has 0 spiro atoms. The van der Waals surface area contributed by atoms with Gasteiger partial charge in [0.2, 0.25) is 5.91 Å². The predicted molar refractivity (Wildman–Crippen MR) is 82.6 cm³/mol. The number of amides is 1. The maximum atomic E-state index is 11.9. The minimum atomic E-state index is -0.00548. The van der Waals surface area contributed by atoms with E-state index in [1.165, 1.54) is 0 Å². The van der Waals surface area contributed by atoms with Crippen molar-refractivity contribution >= 4 is 23.1 Å². The number of para-hydroxylation sites is 1. The third-order valence-corrected chi connectivity index (χ3v) is 3.87. The van der Waals surface area contributed by atoms with Crippen molar-refractivity contribution in [2.24, 2.45) is 11.7 Å². The van der Waals surface area contributed by atoms with Gasteiger partial charge in [-0.15, -0.1) is 0 Å². The molecule has 1 aliphatic rings. The van der Waals surface area contributed by atoms with Crippen molar-refractivity contribution in [1.29, 1.82) is 0 Å². The van der Waals surface area contributed by atoms with Crippen LogP contribution in [0.1, 0.15) is 25.7 Å². The monoisotopic (exact) mass is 292 g/mol. The highest BCUT2D eigenvalue weighted by atomic mass is 32.1. The van der Waals surface area contributed by atoms with Crippen LogP contribution in [0.5, 0.6) is 5.75 Å². The molecule has 2 rings (SSSR count). The standard InChI is InChI=1S/C15H20N2O2S/c16-15(20)12-7-4-8-13(12)17-14(18)9-10-19-11-5-2-1-3-6-11/h1-3,5-6,12-13H,4,7-10H2,(H2,16,20)(H,17,18). The van der Waals surface area contributed by atoms with Gasteiger partial charge in [0.15, 0.2) is 0 Å². The van der Waals surface area contributed by atoms with Crippen molar-refractivity contribution in [2.45, 2.75) is 31.7 Å². The molecular formula is C15H20N2O2S. The van der Waals surface area contributed by atoms with Crippen LogP contribution in [0.4, 0.5) is 0 Å². The number of carbonyl (C=O) groups is 1. The molecule has 1 amide bonds. The van der Waals surface area contributed by atoms with Gasteiger partial charge in [-0.05, 0) is 25.0 Å². The molecule has 0 saturated heterocycles. The van der Waals surface area contributed by atoms with E-state index >= 15 is 0 Å². The van der Waals surface area contributed by atoms with Gasteiger partial charge in [-0.1, -0.05) is 36.8 Å². The third-order valence-electron chi connectivity index (χ3n) is 3.57. The van der Waals surface area contributed by atoms with Gasteiger partial charge in [0.05, 0.1) is 18.0 Å². The summed E-state index contributed by atoms with van der Waals surface area (Å²) in [6, 6.07) is 9.57. The molecule has 1 aromatic carbocycles. The van der Waals surface area contributed by atoms with Gasteiger partial charge in [0.25, 0.3) is 0 Å². The molecule has 20 heavy (non-hydrogen) atoms. The lowest BCUT2D eigenvalue weighted by atomic mass is 10.0. The second-order valence-corrected chi connectivity index (χ2v) is 5.50. The quantitative estimate of drug-likeness (QED) is 0.787. The van der Waals surface area contributed by atoms with Gasteiger partial charge >= 0.3 is 0 Å². The summed E-state index contributed by atoms with van der Waals surface area (Å²) in [4.78, 5) is 12.4. The number of hydrogen-bond donors (Lipinski definition) is 2. The second-order valence-electron chi connectivity index (χ2n) is 5.03. The zero-order chi connectivity index (χ0) is 14.4. The van der Waals surface area contributed by atoms with Gasteiger partial charge in [0.1, 0.15) is 5.75 Å². The molecule has 0 aromatic heterocycles. The maximum absolute atomic E-state index is 11.9. The van der Waals surface area contributed by atoms with E-state index in [4.69, 9.17) is 22.7 Å². The Morgan fingerprint density at radius 1 is 1.35 bits per heavy atom. The van der Waals surface area contributed by atoms with Gasteiger partial charge in [-0.3, -0.25) is 4.79 Å². The van der Waals surface area contributed by atoms with Gasteiger partial charge in [-0.25, -0.2) is 0 Å². The number of ether oxygens (including phenoxy) is 1. The summed E-state index contributed by atoms with van der Waals surface area (Å²) in [5, 5.41) is 3.01. The number of thiocarbonyl (C=S) groups is 1. The fourth-order valence-corrected chi connectivity index (χ4v) is 2.81. The van der Waals surface area contributed by atoms with Crippen molar-refractivity contribution in [1.82, 2.24) is 5.32 Å². The molecule has 1 aromatic rings. The normalized spacial score (nSPS) is 21.4. The molecule has 1 saturated carbocycles. The summed E-state index contributed by atoms with van der Waals surface area (Å²) in [6.07, 6.45) is 3.33. The zero-order valence-corrected chi connectivity index (χ0v) is 12.2. The minimum absolute atomic E-state index is 0.00548. The summed E-state index contributed by atoms with van der Waals surface area (Å²) in [5.41, 5.74) is 5.70. The van der Waals surface area contributed by atoms with Crippen LogP contribution in [0, 0.1) is 5.92 Å². The van der Waals surface area contributed by atoms with Crippen LogP contribution in [-0.4, -0.2) is 23.5 Å². The van der Waals surface area contributed by atoms with Crippen molar-refractivity contribution in [3.8, 4) is 5.75 Å². The smallest absolute Gasteiger partial charge is 0.223 e. The average molecular weight is 292 g/mol. The number of nitrogens with one attached hydrogen (secondary N) is 1. The van der Waals surface area contributed by atoms with Crippen molar-refractivity contribution in [2.75, 3.05) is 6.61 Å². The Labute approximate surface area is 124 Å². The number of rotatable bonds is 6. The van der Waals surface area contributed by atoms with Crippen LogP contribution in [-0.2, 0) is 4.79 Å². The Balaban J connectivity index is 1.71. The number of carbonyl (C=O) groups excluding carboxylic acids is 1. The highest BCUT2D eigenvalue weighted by Gasteiger charge is 2.30. The minimum Gasteiger partial charge on any atom is -0.493 e. The molecular weight excluding hydrogens is 272 g/mol. The molecule has 0 aliphatic heterocycles. The van der Waals surface area contributed by atoms with Crippen molar-refractivity contribution in [3.63, 3.8) is 0 Å². The Morgan fingerprint density at radius 2 is 2.10 bits per heavy atom. The van der Waals surface area contributed by atoms with E-state index in [2.05, 4.69) is 5.32 Å². The number of benzene rings is 1. The topological polar surface area (TPSA) is 64.3 Å². The fraction of sp³-hybridized carbons (Fsp3) is 0.467. The van der Waals surface area contributed by atoms with Crippen molar-refractivity contribution in [3.05, 3.63) is 30.3 Å². The first kappa shape index (κ1) is 14.8. The summed E-state index contributed by atoms with van der Waals surface area (Å²) in [5.74, 6) is 0.917. The lowest BCUT2D eigenvalue weighted by Crippen LogP contribution is -2.42. The van der Waals surface area contributed by atoms with Gasteiger partial charge in [-0.2, -0.15) is 0 Å². The molecule has 0 radical (unpaired) electrons. The average Bonchev–Trinajstić information content (AvgIpc) is 2.88. The van der Waals surface area contributed by atoms with Crippen LogP contribution in [0.25, 0.3) is 0 Å². The van der Waals surface area contributed by atoms with E-state index in [9.17, 15) is 4.79 Å². The van der Waals surface area contributed by atoms with Crippen LogP contribution in [0.2, 0.25) is 0 Å². The first-order valence-electron chi connectivity index (χ1n) is 6.93. The van der Waals surface area contributed by atoms with Crippen molar-refractivity contribution < 1.29 is 9.53 Å². The molecule has 0 bridgehead atoms. The Kier molecular flexibility index (Phi) is 5.35. The number of nitrogens with two attached hydrogens (primary N) is 1. The Hall–Kier alpha value is -1.62. The molecule has 3 N–H and O–H groups in total. The van der Waals surface area contributed by atoms with E-state index in [-0.39, 0.29) is 17.9 Å². The first-order valence-corrected chi connectivity index (χ1v) is 7.34. The summed E-state index contributed by atoms with van der Waals surface area (Å²) < 4.78 is 5.50. The summed E-state index contributed by atoms with van der Waals surface area (Å²) in [6.45, 7) is 0.375. The molecule has 0 heterocycles. The predicted octanol–water partition coefficient (Wildman–Crippen LogP) is 2.03. The Bertz CT molecular complexity index is 464. The molecule has 2 atom stereocenters. The molecule has 5 heteroatoms. The van der Waals surface area contributed by atoms with E-state index in [1.54, 1.807) is 0 Å². The first-order chi connectivity index (χ1) is 9.66. The van der Waals surface area contributed by atoms with E-state index < -0.39 is 0 Å². The second kappa shape index (κ2) is 7.24. The Morgan fingerprint density at radius 3 is 2.80 bits per heavy atom. The lowest BCUT2D eigenvalue weighted by Gasteiger charge is -2.19. The van der Waals surface area contributed by atoms with E-state index in [0.717, 1.165) is 25.0 Å². The fourth-order valence-electron chi connectivity index (χ4n) is 2.53. The van der Waals surface area contributed by atoms with E-state index in [0.29, 0.717) is 18.0 Å². The highest BCUT2D eigenvalue weighted by molar-refractivity contribution is 7.80. The van der Waals surface area contributed by atoms with E-state index in [1.807, 2.05) is 30.3 Å². The summed E-state index contributed by atoms with van der Waals surface area (Å²) >= 11 is 5.04. The number of hydrogen-bond acceptors (Lipinski definition) is 3. The van der Waals surface area contributed by atoms with Gasteiger partial charge < -0.3 is 15.8 Å². The zero-order valence-electron chi connectivity index (χ0n) is 11.4. The van der Waals surface area contributed by atoms with Crippen LogP contribution >= 0.6 is 12.2 Å². The van der Waals surface area contributed by atoms with Gasteiger partial charge in [0, 0.05) is 12.0 Å². The lowest BCUT2D eigenvalue weighted by molar-refractivity contribution is -0.122. The molecule has 2 unspecified atom stereocenters.